The second kappa shape index (κ2) is 6.59. The molecule has 1 saturated heterocycles. The van der Waals surface area contributed by atoms with Gasteiger partial charge in [-0.25, -0.2) is 0 Å². The second-order valence-electron chi connectivity index (χ2n) is 4.05. The fourth-order valence-electron chi connectivity index (χ4n) is 1.73. The predicted molar refractivity (Wildman–Crippen MR) is 88.2 cm³/mol. The lowest BCUT2D eigenvalue weighted by Gasteiger charge is -2.10. The van der Waals surface area contributed by atoms with Crippen LogP contribution in [-0.4, -0.2) is 39.9 Å². The number of carboxylic acids is 1. The molecule has 1 amide bonds. The first kappa shape index (κ1) is 16.0. The number of thioether (sulfide) groups is 1. The molecule has 0 atom stereocenters. The van der Waals surface area contributed by atoms with Gasteiger partial charge in [-0.2, -0.15) is 0 Å². The number of benzene rings is 1. The molecular formula is C13H10BrNO4S2. The lowest BCUT2D eigenvalue weighted by atomic mass is 10.2. The fraction of sp³-hybridized carbons (Fsp3) is 0.154. The van der Waals surface area contributed by atoms with Gasteiger partial charge in [0.25, 0.3) is 5.91 Å². The number of carbonyl (C=O) groups excluding carboxylic acids is 1. The monoisotopic (exact) mass is 387 g/mol. The van der Waals surface area contributed by atoms with Crippen LogP contribution >= 0.6 is 39.9 Å². The van der Waals surface area contributed by atoms with Crippen molar-refractivity contribution in [2.75, 3.05) is 13.7 Å². The maximum atomic E-state index is 12.2. The van der Waals surface area contributed by atoms with Crippen LogP contribution in [0, 0.1) is 0 Å². The molecule has 1 N–H and O–H groups in total. The number of methoxy groups -OCH3 is 1. The van der Waals surface area contributed by atoms with E-state index < -0.39 is 18.4 Å². The van der Waals surface area contributed by atoms with E-state index in [4.69, 9.17) is 22.1 Å². The molecule has 0 unspecified atom stereocenters. The van der Waals surface area contributed by atoms with E-state index in [0.29, 0.717) is 16.2 Å². The van der Waals surface area contributed by atoms with Crippen molar-refractivity contribution in [3.63, 3.8) is 0 Å². The summed E-state index contributed by atoms with van der Waals surface area (Å²) in [5.41, 5.74) is 0.711. The summed E-state index contributed by atoms with van der Waals surface area (Å²) in [5, 5.41) is 8.80. The Kier molecular flexibility index (Phi) is 5.02. The molecule has 5 nitrogen and oxygen atoms in total. The number of nitrogens with zero attached hydrogens (tertiary/aromatic N) is 1. The number of thiocarbonyl (C=S) groups is 1. The maximum Gasteiger partial charge on any atom is 0.323 e. The van der Waals surface area contributed by atoms with Crippen LogP contribution in [0.4, 0.5) is 0 Å². The van der Waals surface area contributed by atoms with Gasteiger partial charge < -0.3 is 9.84 Å². The summed E-state index contributed by atoms with van der Waals surface area (Å²) in [6.07, 6.45) is 1.64. The summed E-state index contributed by atoms with van der Waals surface area (Å²) in [6, 6.07) is 5.41. The SMILES string of the molecule is COc1ccc(Br)cc1/C=C1/SC(=S)N(CC(=O)O)C1=O. The minimum absolute atomic E-state index is 0.239. The van der Waals surface area contributed by atoms with Crippen LogP contribution in [0.5, 0.6) is 5.75 Å². The maximum absolute atomic E-state index is 12.2. The number of halogens is 1. The van der Waals surface area contributed by atoms with E-state index >= 15 is 0 Å². The van der Waals surface area contributed by atoms with E-state index in [1.54, 1.807) is 12.1 Å². The molecule has 1 aromatic carbocycles. The average Bonchev–Trinajstić information content (AvgIpc) is 2.66. The van der Waals surface area contributed by atoms with Crippen LogP contribution in [0.1, 0.15) is 5.56 Å². The minimum Gasteiger partial charge on any atom is -0.496 e. The van der Waals surface area contributed by atoms with Crippen molar-refractivity contribution in [3.8, 4) is 5.75 Å². The molecule has 0 radical (unpaired) electrons. The van der Waals surface area contributed by atoms with Crippen LogP contribution in [0.3, 0.4) is 0 Å². The summed E-state index contributed by atoms with van der Waals surface area (Å²) < 4.78 is 6.32. The highest BCUT2D eigenvalue weighted by Crippen LogP contribution is 2.34. The Hall–Kier alpha value is -1.38. The molecule has 0 bridgehead atoms. The third-order valence-corrected chi connectivity index (χ3v) is 4.52. The Balaban J connectivity index is 2.35. The van der Waals surface area contributed by atoms with Gasteiger partial charge in [-0.15, -0.1) is 0 Å². The molecule has 0 aliphatic carbocycles. The Morgan fingerprint density at radius 2 is 2.29 bits per heavy atom. The quantitative estimate of drug-likeness (QED) is 0.632. The number of carboxylic acid groups (broad SMARTS) is 1. The normalized spacial score (nSPS) is 16.7. The molecule has 1 fully saturated rings. The van der Waals surface area contributed by atoms with Crippen LogP contribution in [0.15, 0.2) is 27.6 Å². The molecule has 110 valence electrons. The lowest BCUT2D eigenvalue weighted by molar-refractivity contribution is -0.140. The summed E-state index contributed by atoms with van der Waals surface area (Å²) in [6.45, 7) is -0.433. The highest BCUT2D eigenvalue weighted by Gasteiger charge is 2.33. The predicted octanol–water partition coefficient (Wildman–Crippen LogP) is 2.74. The van der Waals surface area contributed by atoms with Crippen LogP contribution in [-0.2, 0) is 9.59 Å². The number of ether oxygens (including phenoxy) is 1. The number of rotatable bonds is 4. The first-order chi connectivity index (χ1) is 9.92. The fourth-order valence-corrected chi connectivity index (χ4v) is 3.36. The zero-order chi connectivity index (χ0) is 15.6. The Bertz CT molecular complexity index is 660. The number of amides is 1. The van der Waals surface area contributed by atoms with Crippen molar-refractivity contribution in [3.05, 3.63) is 33.1 Å². The first-order valence-electron chi connectivity index (χ1n) is 5.73. The van der Waals surface area contributed by atoms with Gasteiger partial charge in [0.1, 0.15) is 16.6 Å². The van der Waals surface area contributed by atoms with Crippen LogP contribution < -0.4 is 4.74 Å². The Morgan fingerprint density at radius 3 is 2.90 bits per heavy atom. The van der Waals surface area contributed by atoms with Gasteiger partial charge in [0.2, 0.25) is 0 Å². The lowest BCUT2D eigenvalue weighted by Crippen LogP contribution is -2.33. The number of carbonyl (C=O) groups is 2. The van der Waals surface area contributed by atoms with Gasteiger partial charge in [0.05, 0.1) is 12.0 Å². The molecule has 2 rings (SSSR count). The third-order valence-electron chi connectivity index (χ3n) is 2.65. The van der Waals surface area contributed by atoms with Crippen molar-refractivity contribution >= 4 is 62.2 Å². The van der Waals surface area contributed by atoms with Crippen LogP contribution in [0.25, 0.3) is 6.08 Å². The van der Waals surface area contributed by atoms with Gasteiger partial charge >= 0.3 is 5.97 Å². The molecule has 1 aromatic rings. The van der Waals surface area contributed by atoms with Crippen molar-refractivity contribution in [1.29, 1.82) is 0 Å². The molecule has 1 aliphatic rings. The molecule has 0 saturated carbocycles. The number of aliphatic carboxylic acids is 1. The smallest absolute Gasteiger partial charge is 0.323 e. The van der Waals surface area contributed by atoms with Crippen molar-refractivity contribution in [2.45, 2.75) is 0 Å². The van der Waals surface area contributed by atoms with E-state index in [1.807, 2.05) is 12.1 Å². The molecule has 0 spiro atoms. The number of hydrogen-bond donors (Lipinski definition) is 1. The van der Waals surface area contributed by atoms with Gasteiger partial charge in [0.15, 0.2) is 0 Å². The molecule has 1 aliphatic heterocycles. The summed E-state index contributed by atoms with van der Waals surface area (Å²) in [4.78, 5) is 24.4. The highest BCUT2D eigenvalue weighted by atomic mass is 79.9. The average molecular weight is 388 g/mol. The Labute approximate surface area is 139 Å². The molecule has 1 heterocycles. The van der Waals surface area contributed by atoms with Gasteiger partial charge in [0, 0.05) is 10.0 Å². The van der Waals surface area contributed by atoms with Gasteiger partial charge in [-0.05, 0) is 24.3 Å². The zero-order valence-corrected chi connectivity index (χ0v) is 14.0. The van der Waals surface area contributed by atoms with Crippen LogP contribution in [0.2, 0.25) is 0 Å². The zero-order valence-electron chi connectivity index (χ0n) is 10.8. The van der Waals surface area contributed by atoms with E-state index in [9.17, 15) is 9.59 Å². The van der Waals surface area contributed by atoms with E-state index in [1.165, 1.54) is 7.11 Å². The highest BCUT2D eigenvalue weighted by molar-refractivity contribution is 9.10. The summed E-state index contributed by atoms with van der Waals surface area (Å²) in [5.74, 6) is -0.899. The van der Waals surface area contributed by atoms with Crippen molar-refractivity contribution in [2.24, 2.45) is 0 Å². The summed E-state index contributed by atoms with van der Waals surface area (Å²) in [7, 11) is 1.54. The molecule has 0 aromatic heterocycles. The number of hydrogen-bond acceptors (Lipinski definition) is 5. The topological polar surface area (TPSA) is 66.8 Å². The Morgan fingerprint density at radius 1 is 1.57 bits per heavy atom. The van der Waals surface area contributed by atoms with Gasteiger partial charge in [-0.1, -0.05) is 39.9 Å². The minimum atomic E-state index is -1.10. The van der Waals surface area contributed by atoms with E-state index in [2.05, 4.69) is 15.9 Å². The molecule has 21 heavy (non-hydrogen) atoms. The third kappa shape index (κ3) is 3.63. The van der Waals surface area contributed by atoms with Crippen molar-refractivity contribution < 1.29 is 19.4 Å². The van der Waals surface area contributed by atoms with E-state index in [-0.39, 0.29) is 4.32 Å². The largest absolute Gasteiger partial charge is 0.496 e. The van der Waals surface area contributed by atoms with Crippen molar-refractivity contribution in [1.82, 2.24) is 4.90 Å². The molecular weight excluding hydrogens is 378 g/mol. The van der Waals surface area contributed by atoms with E-state index in [0.717, 1.165) is 21.1 Å². The summed E-state index contributed by atoms with van der Waals surface area (Å²) >= 11 is 9.47. The standard InChI is InChI=1S/C13H10BrNO4S2/c1-19-9-3-2-8(14)4-7(9)5-10-12(18)15(6-11(16)17)13(20)21-10/h2-5H,6H2,1H3,(H,16,17)/b10-5+. The molecule has 8 heteroatoms. The first-order valence-corrected chi connectivity index (χ1v) is 7.75. The van der Waals surface area contributed by atoms with Gasteiger partial charge in [-0.3, -0.25) is 14.5 Å². The second-order valence-corrected chi connectivity index (χ2v) is 6.64.